The predicted octanol–water partition coefficient (Wildman–Crippen LogP) is -0.464. The zero-order chi connectivity index (χ0) is 8.27. The second-order valence-electron chi connectivity index (χ2n) is 2.49. The Morgan fingerprint density at radius 1 is 1.45 bits per heavy atom. The normalized spacial score (nSPS) is 32.4. The molecule has 0 spiro atoms. The van der Waals surface area contributed by atoms with E-state index in [9.17, 15) is 4.79 Å². The maximum atomic E-state index is 11.3. The number of nitrogens with one attached hydrogen (secondary N) is 1. The van der Waals surface area contributed by atoms with Gasteiger partial charge >= 0.3 is 0 Å². The molecule has 4 nitrogen and oxygen atoms in total. The Morgan fingerprint density at radius 2 is 2.18 bits per heavy atom. The first-order chi connectivity index (χ1) is 5.29. The van der Waals surface area contributed by atoms with E-state index < -0.39 is 6.23 Å². The monoisotopic (exact) mass is 159 g/mol. The van der Waals surface area contributed by atoms with E-state index in [1.807, 2.05) is 0 Å². The minimum absolute atomic E-state index is 0.0127. The van der Waals surface area contributed by atoms with Crippen LogP contribution >= 0.6 is 0 Å². The van der Waals surface area contributed by atoms with Crippen LogP contribution in [0.5, 0.6) is 0 Å². The summed E-state index contributed by atoms with van der Waals surface area (Å²) in [6.45, 7) is 0.767. The van der Waals surface area contributed by atoms with Crippen LogP contribution in [-0.2, 0) is 14.3 Å². The first-order valence-corrected chi connectivity index (χ1v) is 3.62. The van der Waals surface area contributed by atoms with Crippen molar-refractivity contribution in [2.24, 2.45) is 0 Å². The van der Waals surface area contributed by atoms with Gasteiger partial charge in [0.15, 0.2) is 6.23 Å². The minimum Gasteiger partial charge on any atom is -0.373 e. The summed E-state index contributed by atoms with van der Waals surface area (Å²) in [5, 5.41) is 2.93. The third-order valence-electron chi connectivity index (χ3n) is 1.83. The number of rotatable bonds is 2. The highest BCUT2D eigenvalue weighted by atomic mass is 16.5. The van der Waals surface area contributed by atoms with Crippen molar-refractivity contribution in [2.75, 3.05) is 20.8 Å². The zero-order valence-electron chi connectivity index (χ0n) is 6.79. The highest BCUT2D eigenvalue weighted by Crippen LogP contribution is 2.07. The third-order valence-corrected chi connectivity index (χ3v) is 1.83. The van der Waals surface area contributed by atoms with Gasteiger partial charge in [0.25, 0.3) is 0 Å². The molecule has 1 aliphatic rings. The molecule has 1 rings (SSSR count). The number of hydrogen-bond donors (Lipinski definition) is 1. The van der Waals surface area contributed by atoms with E-state index >= 15 is 0 Å². The minimum atomic E-state index is -0.478. The van der Waals surface area contributed by atoms with Crippen LogP contribution in [0.15, 0.2) is 0 Å². The summed E-state index contributed by atoms with van der Waals surface area (Å²) in [5.74, 6) is -0.0127. The average molecular weight is 159 g/mol. The number of carbonyl (C=O) groups is 1. The van der Waals surface area contributed by atoms with Crippen molar-refractivity contribution in [3.05, 3.63) is 0 Å². The molecule has 4 heteroatoms. The Labute approximate surface area is 65.9 Å². The number of ether oxygens (including phenoxy) is 2. The van der Waals surface area contributed by atoms with Crippen molar-refractivity contribution in [1.29, 1.82) is 0 Å². The second-order valence-corrected chi connectivity index (χ2v) is 2.49. The Morgan fingerprint density at radius 3 is 2.73 bits per heavy atom. The second kappa shape index (κ2) is 3.80. The van der Waals surface area contributed by atoms with E-state index in [1.54, 1.807) is 7.11 Å². The molecule has 1 fully saturated rings. The van der Waals surface area contributed by atoms with Gasteiger partial charge < -0.3 is 9.47 Å². The lowest BCUT2D eigenvalue weighted by Gasteiger charge is -2.26. The van der Waals surface area contributed by atoms with Crippen molar-refractivity contribution >= 4 is 5.78 Å². The van der Waals surface area contributed by atoms with Gasteiger partial charge in [-0.25, -0.2) is 0 Å². The van der Waals surface area contributed by atoms with Crippen molar-refractivity contribution in [3.8, 4) is 0 Å². The number of ketones is 1. The summed E-state index contributed by atoms with van der Waals surface area (Å²) >= 11 is 0. The van der Waals surface area contributed by atoms with Crippen molar-refractivity contribution in [3.63, 3.8) is 0 Å². The zero-order valence-corrected chi connectivity index (χ0v) is 6.79. The molecule has 0 radical (unpaired) electrons. The van der Waals surface area contributed by atoms with E-state index in [1.165, 1.54) is 7.11 Å². The van der Waals surface area contributed by atoms with Gasteiger partial charge in [0, 0.05) is 20.8 Å². The average Bonchev–Trinajstić information content (AvgIpc) is 2.05. The molecule has 11 heavy (non-hydrogen) atoms. The molecule has 1 aliphatic heterocycles. The highest BCUT2D eigenvalue weighted by molar-refractivity contribution is 5.87. The van der Waals surface area contributed by atoms with Crippen molar-refractivity contribution in [1.82, 2.24) is 5.32 Å². The summed E-state index contributed by atoms with van der Waals surface area (Å²) < 4.78 is 9.86. The molecule has 0 aromatic rings. The van der Waals surface area contributed by atoms with Gasteiger partial charge in [0.05, 0.1) is 0 Å². The lowest BCUT2D eigenvalue weighted by Crippen LogP contribution is -2.50. The van der Waals surface area contributed by atoms with E-state index in [4.69, 9.17) is 9.47 Å². The fraction of sp³-hybridized carbons (Fsp3) is 0.857. The summed E-state index contributed by atoms with van der Waals surface area (Å²) in [7, 11) is 3.05. The summed E-state index contributed by atoms with van der Waals surface area (Å²) in [6.07, 6.45) is -0.0373. The Kier molecular flexibility index (Phi) is 2.99. The van der Waals surface area contributed by atoms with Crippen LogP contribution in [0.1, 0.15) is 6.42 Å². The fourth-order valence-corrected chi connectivity index (χ4v) is 1.19. The first-order valence-electron chi connectivity index (χ1n) is 3.62. The van der Waals surface area contributed by atoms with Crippen LogP contribution < -0.4 is 5.32 Å². The van der Waals surface area contributed by atoms with Crippen molar-refractivity contribution in [2.45, 2.75) is 18.8 Å². The first kappa shape index (κ1) is 8.64. The van der Waals surface area contributed by atoms with Gasteiger partial charge in [-0.15, -0.1) is 0 Å². The van der Waals surface area contributed by atoms with Gasteiger partial charge in [-0.3, -0.25) is 10.1 Å². The summed E-state index contributed by atoms with van der Waals surface area (Å²) in [5.41, 5.74) is 0. The summed E-state index contributed by atoms with van der Waals surface area (Å²) in [6, 6.07) is 0. The lowest BCUT2D eigenvalue weighted by molar-refractivity contribution is -0.144. The van der Waals surface area contributed by atoms with Gasteiger partial charge in [0.2, 0.25) is 5.78 Å². The topological polar surface area (TPSA) is 47.6 Å². The summed E-state index contributed by atoms with van der Waals surface area (Å²) in [4.78, 5) is 11.3. The van der Waals surface area contributed by atoms with Gasteiger partial charge in [-0.2, -0.15) is 0 Å². The molecule has 0 saturated carbocycles. The van der Waals surface area contributed by atoms with E-state index in [0.29, 0.717) is 0 Å². The molecule has 2 atom stereocenters. The maximum absolute atomic E-state index is 11.3. The Hall–Kier alpha value is -0.450. The molecule has 64 valence electrons. The largest absolute Gasteiger partial charge is 0.373 e. The van der Waals surface area contributed by atoms with E-state index in [2.05, 4.69) is 5.32 Å². The SMILES string of the molecule is COC1CCNC(OC)C1=O. The quantitative estimate of drug-likeness (QED) is 0.592. The number of carbonyl (C=O) groups excluding carboxylic acids is 1. The van der Waals surface area contributed by atoms with E-state index in [0.717, 1.165) is 13.0 Å². The number of Topliss-reactive ketones (excluding diaryl/α,β-unsaturated/α-hetero) is 1. The highest BCUT2D eigenvalue weighted by Gasteiger charge is 2.30. The molecule has 1 saturated heterocycles. The van der Waals surface area contributed by atoms with Crippen LogP contribution in [0.4, 0.5) is 0 Å². The van der Waals surface area contributed by atoms with Crippen molar-refractivity contribution < 1.29 is 14.3 Å². The molecule has 0 amide bonds. The van der Waals surface area contributed by atoms with Gasteiger partial charge in [-0.05, 0) is 6.42 Å². The van der Waals surface area contributed by atoms with E-state index in [-0.39, 0.29) is 11.9 Å². The lowest BCUT2D eigenvalue weighted by atomic mass is 10.1. The Bertz CT molecular complexity index is 135. The van der Waals surface area contributed by atoms with Gasteiger partial charge in [-0.1, -0.05) is 0 Å². The molecule has 0 bridgehead atoms. The van der Waals surface area contributed by atoms with Crippen LogP contribution in [0.25, 0.3) is 0 Å². The Balaban J connectivity index is 2.52. The van der Waals surface area contributed by atoms with Crippen LogP contribution in [0.2, 0.25) is 0 Å². The smallest absolute Gasteiger partial charge is 0.204 e. The standard InChI is InChI=1S/C7H13NO3/c1-10-5-3-4-8-7(11-2)6(5)9/h5,7-8H,3-4H2,1-2H3. The van der Waals surface area contributed by atoms with Gasteiger partial charge in [0.1, 0.15) is 6.10 Å². The number of piperidine rings is 1. The molecule has 0 aliphatic carbocycles. The fourth-order valence-electron chi connectivity index (χ4n) is 1.19. The van der Waals surface area contributed by atoms with Crippen LogP contribution in [0.3, 0.4) is 0 Å². The predicted molar refractivity (Wildman–Crippen MR) is 39.2 cm³/mol. The maximum Gasteiger partial charge on any atom is 0.204 e. The molecule has 2 unspecified atom stereocenters. The molecule has 0 aromatic carbocycles. The van der Waals surface area contributed by atoms with Crippen LogP contribution in [-0.4, -0.2) is 38.9 Å². The molecular formula is C7H13NO3. The number of hydrogen-bond acceptors (Lipinski definition) is 4. The molecular weight excluding hydrogens is 146 g/mol. The molecule has 1 heterocycles. The van der Waals surface area contributed by atoms with Crippen LogP contribution in [0, 0.1) is 0 Å². The number of methoxy groups -OCH3 is 2. The molecule has 0 aromatic heterocycles. The molecule has 1 N–H and O–H groups in total. The third kappa shape index (κ3) is 1.77.